The molecular formula is C15H12BrNO2. The molecule has 0 radical (unpaired) electrons. The van der Waals surface area contributed by atoms with Gasteiger partial charge in [0.25, 0.3) is 5.91 Å². The van der Waals surface area contributed by atoms with Crippen LogP contribution in [0, 0.1) is 0 Å². The first kappa shape index (κ1) is 12.4. The summed E-state index contributed by atoms with van der Waals surface area (Å²) in [5, 5.41) is 2.84. The van der Waals surface area contributed by atoms with Gasteiger partial charge in [-0.15, -0.1) is 0 Å². The van der Waals surface area contributed by atoms with Gasteiger partial charge in [0.15, 0.2) is 6.10 Å². The van der Waals surface area contributed by atoms with Crippen molar-refractivity contribution in [3.05, 3.63) is 64.6 Å². The zero-order chi connectivity index (χ0) is 13.2. The third-order valence-electron chi connectivity index (χ3n) is 2.97. The monoisotopic (exact) mass is 317 g/mol. The molecule has 2 aromatic rings. The zero-order valence-electron chi connectivity index (χ0n) is 10.0. The number of rotatable bonds is 3. The maximum absolute atomic E-state index is 12.0. The predicted molar refractivity (Wildman–Crippen MR) is 76.8 cm³/mol. The molecule has 0 aromatic heterocycles. The van der Waals surface area contributed by atoms with Gasteiger partial charge in [-0.05, 0) is 29.8 Å². The highest BCUT2D eigenvalue weighted by atomic mass is 79.9. The predicted octanol–water partition coefficient (Wildman–Crippen LogP) is 3.53. The van der Waals surface area contributed by atoms with Gasteiger partial charge in [-0.25, -0.2) is 0 Å². The fourth-order valence-electron chi connectivity index (χ4n) is 1.98. The van der Waals surface area contributed by atoms with Crippen LogP contribution in [-0.2, 0) is 9.53 Å². The Labute approximate surface area is 119 Å². The van der Waals surface area contributed by atoms with Gasteiger partial charge in [0.05, 0.1) is 0 Å². The fourth-order valence-corrected chi connectivity index (χ4v) is 2.40. The fraction of sp³-hybridized carbons (Fsp3) is 0.133. The van der Waals surface area contributed by atoms with Crippen molar-refractivity contribution in [1.29, 1.82) is 0 Å². The molecular weight excluding hydrogens is 306 g/mol. The van der Waals surface area contributed by atoms with Crippen LogP contribution in [0.3, 0.4) is 0 Å². The molecule has 2 atom stereocenters. The van der Waals surface area contributed by atoms with Crippen LogP contribution in [-0.4, -0.2) is 12.0 Å². The lowest BCUT2D eigenvalue weighted by molar-refractivity contribution is -0.117. The van der Waals surface area contributed by atoms with Crippen molar-refractivity contribution in [3.63, 3.8) is 0 Å². The Morgan fingerprint density at radius 1 is 1.11 bits per heavy atom. The summed E-state index contributed by atoms with van der Waals surface area (Å²) < 4.78 is 6.45. The van der Waals surface area contributed by atoms with Crippen molar-refractivity contribution in [2.75, 3.05) is 5.32 Å². The normalized spacial score (nSPS) is 20.9. The number of anilines is 1. The maximum Gasteiger partial charge on any atom is 0.256 e. The summed E-state index contributed by atoms with van der Waals surface area (Å²) in [5.74, 6) is -0.101. The number of carbonyl (C=O) groups excluding carboxylic acids is 1. The molecule has 0 saturated carbocycles. The van der Waals surface area contributed by atoms with Crippen LogP contribution >= 0.6 is 15.9 Å². The summed E-state index contributed by atoms with van der Waals surface area (Å²) in [6.45, 7) is 0. The summed E-state index contributed by atoms with van der Waals surface area (Å²) in [6, 6.07) is 17.2. The highest BCUT2D eigenvalue weighted by Crippen LogP contribution is 2.40. The van der Waals surface area contributed by atoms with Crippen molar-refractivity contribution in [3.8, 4) is 0 Å². The molecule has 1 heterocycles. The van der Waals surface area contributed by atoms with E-state index in [0.29, 0.717) is 0 Å². The van der Waals surface area contributed by atoms with Crippen LogP contribution in [0.25, 0.3) is 0 Å². The Morgan fingerprint density at radius 3 is 2.63 bits per heavy atom. The molecule has 1 aliphatic rings. The van der Waals surface area contributed by atoms with Gasteiger partial charge in [-0.1, -0.05) is 46.3 Å². The second kappa shape index (κ2) is 5.15. The number of amides is 1. The van der Waals surface area contributed by atoms with Gasteiger partial charge in [-0.2, -0.15) is 0 Å². The molecule has 2 aromatic carbocycles. The summed E-state index contributed by atoms with van der Waals surface area (Å²) in [7, 11) is 0. The van der Waals surface area contributed by atoms with E-state index in [4.69, 9.17) is 4.74 Å². The first-order chi connectivity index (χ1) is 9.24. The molecule has 0 aliphatic carbocycles. The number of epoxide rings is 1. The van der Waals surface area contributed by atoms with Crippen LogP contribution in [0.4, 0.5) is 5.69 Å². The summed E-state index contributed by atoms with van der Waals surface area (Å²) in [5.41, 5.74) is 1.80. The maximum atomic E-state index is 12.0. The minimum Gasteiger partial charge on any atom is -0.354 e. The topological polar surface area (TPSA) is 41.6 Å². The van der Waals surface area contributed by atoms with E-state index in [0.717, 1.165) is 15.7 Å². The van der Waals surface area contributed by atoms with E-state index in [1.807, 2.05) is 54.6 Å². The number of halogens is 1. The molecule has 3 rings (SSSR count). The van der Waals surface area contributed by atoms with Gasteiger partial charge >= 0.3 is 0 Å². The zero-order valence-corrected chi connectivity index (χ0v) is 11.6. The van der Waals surface area contributed by atoms with Gasteiger partial charge in [0.1, 0.15) is 6.10 Å². The number of nitrogens with one attached hydrogen (secondary N) is 1. The first-order valence-corrected chi connectivity index (χ1v) is 6.80. The number of carbonyl (C=O) groups is 1. The lowest BCUT2D eigenvalue weighted by Gasteiger charge is -2.02. The Morgan fingerprint density at radius 2 is 1.89 bits per heavy atom. The Kier molecular flexibility index (Phi) is 3.36. The smallest absolute Gasteiger partial charge is 0.256 e. The molecule has 3 nitrogen and oxygen atoms in total. The molecule has 1 amide bonds. The Balaban J connectivity index is 1.65. The molecule has 4 heteroatoms. The average Bonchev–Trinajstić information content (AvgIpc) is 3.20. The molecule has 0 unspecified atom stereocenters. The molecule has 1 N–H and O–H groups in total. The van der Waals surface area contributed by atoms with E-state index in [2.05, 4.69) is 21.2 Å². The Bertz CT molecular complexity index is 600. The van der Waals surface area contributed by atoms with Crippen LogP contribution < -0.4 is 5.32 Å². The van der Waals surface area contributed by atoms with E-state index in [9.17, 15) is 4.79 Å². The second-order valence-electron chi connectivity index (χ2n) is 4.39. The van der Waals surface area contributed by atoms with Crippen molar-refractivity contribution in [1.82, 2.24) is 0 Å². The quantitative estimate of drug-likeness (QED) is 0.880. The number of para-hydroxylation sites is 1. The van der Waals surface area contributed by atoms with Crippen LogP contribution in [0.15, 0.2) is 59.1 Å². The lowest BCUT2D eigenvalue weighted by Crippen LogP contribution is -2.18. The van der Waals surface area contributed by atoms with Crippen molar-refractivity contribution >= 4 is 27.5 Å². The molecule has 0 spiro atoms. The average molecular weight is 318 g/mol. The molecule has 0 bridgehead atoms. The molecule has 1 aliphatic heterocycles. The Hall–Kier alpha value is -1.65. The van der Waals surface area contributed by atoms with Crippen molar-refractivity contribution < 1.29 is 9.53 Å². The van der Waals surface area contributed by atoms with Crippen molar-refractivity contribution in [2.45, 2.75) is 12.2 Å². The number of ether oxygens (including phenoxy) is 1. The van der Waals surface area contributed by atoms with E-state index in [1.165, 1.54) is 0 Å². The number of hydrogen-bond acceptors (Lipinski definition) is 2. The second-order valence-corrected chi connectivity index (χ2v) is 5.30. The molecule has 96 valence electrons. The van der Waals surface area contributed by atoms with Gasteiger partial charge in [0.2, 0.25) is 0 Å². The molecule has 1 saturated heterocycles. The van der Waals surface area contributed by atoms with Crippen LogP contribution in [0.5, 0.6) is 0 Å². The molecule has 19 heavy (non-hydrogen) atoms. The lowest BCUT2D eigenvalue weighted by atomic mass is 10.1. The van der Waals surface area contributed by atoms with Gasteiger partial charge in [0, 0.05) is 10.2 Å². The number of hydrogen-bond donors (Lipinski definition) is 1. The largest absolute Gasteiger partial charge is 0.354 e. The third-order valence-corrected chi connectivity index (χ3v) is 3.46. The highest BCUT2D eigenvalue weighted by Gasteiger charge is 2.46. The van der Waals surface area contributed by atoms with Crippen LogP contribution in [0.1, 0.15) is 11.7 Å². The van der Waals surface area contributed by atoms with Gasteiger partial charge < -0.3 is 10.1 Å². The minimum atomic E-state index is -0.394. The van der Waals surface area contributed by atoms with E-state index >= 15 is 0 Å². The molecule has 1 fully saturated rings. The van der Waals surface area contributed by atoms with Gasteiger partial charge in [-0.3, -0.25) is 4.79 Å². The summed E-state index contributed by atoms with van der Waals surface area (Å²) in [6.07, 6.45) is -0.532. The van der Waals surface area contributed by atoms with Crippen LogP contribution in [0.2, 0.25) is 0 Å². The number of benzene rings is 2. The SMILES string of the molecule is O=C(Nc1ccccc1)[C@@H]1O[C@@H]1c1cccc(Br)c1. The third kappa shape index (κ3) is 2.85. The minimum absolute atomic E-state index is 0.101. The van der Waals surface area contributed by atoms with E-state index in [1.54, 1.807) is 0 Å². The van der Waals surface area contributed by atoms with E-state index in [-0.39, 0.29) is 12.0 Å². The first-order valence-electron chi connectivity index (χ1n) is 6.01. The summed E-state index contributed by atoms with van der Waals surface area (Å²) >= 11 is 3.41. The standard InChI is InChI=1S/C15H12BrNO2/c16-11-6-4-5-10(9-11)13-14(19-13)15(18)17-12-7-2-1-3-8-12/h1-9,13-14H,(H,17,18)/t13-,14-/m1/s1. The summed E-state index contributed by atoms with van der Waals surface area (Å²) in [4.78, 5) is 12.0. The van der Waals surface area contributed by atoms with E-state index < -0.39 is 6.10 Å². The highest BCUT2D eigenvalue weighted by molar-refractivity contribution is 9.10. The van der Waals surface area contributed by atoms with Crippen molar-refractivity contribution in [2.24, 2.45) is 0 Å².